The SMILES string of the molecule is Cc1cc(Oc2nc(CN)co2)ccc1Br. The number of aromatic nitrogens is 1. The number of halogens is 1. The van der Waals surface area contributed by atoms with Gasteiger partial charge in [-0.2, -0.15) is 4.98 Å². The number of nitrogens with zero attached hydrogens (tertiary/aromatic N) is 1. The lowest BCUT2D eigenvalue weighted by Gasteiger charge is -2.02. The molecule has 1 aromatic heterocycles. The molecule has 2 N–H and O–H groups in total. The zero-order valence-corrected chi connectivity index (χ0v) is 10.3. The van der Waals surface area contributed by atoms with Crippen LogP contribution in [0.25, 0.3) is 0 Å². The summed E-state index contributed by atoms with van der Waals surface area (Å²) in [5.41, 5.74) is 7.17. The zero-order valence-electron chi connectivity index (χ0n) is 8.74. The van der Waals surface area contributed by atoms with Gasteiger partial charge in [-0.25, -0.2) is 0 Å². The van der Waals surface area contributed by atoms with Crippen LogP contribution >= 0.6 is 15.9 Å². The molecule has 0 aliphatic heterocycles. The smallest absolute Gasteiger partial charge is 0.399 e. The third-order valence-electron chi connectivity index (χ3n) is 2.07. The first-order chi connectivity index (χ1) is 7.69. The van der Waals surface area contributed by atoms with Gasteiger partial charge in [-0.1, -0.05) is 15.9 Å². The van der Waals surface area contributed by atoms with E-state index in [1.165, 1.54) is 6.26 Å². The van der Waals surface area contributed by atoms with Gasteiger partial charge in [0.1, 0.15) is 12.0 Å². The number of nitrogens with two attached hydrogens (primary N) is 1. The third-order valence-corrected chi connectivity index (χ3v) is 2.96. The Bertz CT molecular complexity index is 496. The lowest BCUT2D eigenvalue weighted by atomic mass is 10.2. The Kier molecular flexibility index (Phi) is 3.26. The van der Waals surface area contributed by atoms with E-state index in [-0.39, 0.29) is 6.08 Å². The molecular formula is C11H11BrN2O2. The first-order valence-electron chi connectivity index (χ1n) is 4.77. The molecule has 0 radical (unpaired) electrons. The van der Waals surface area contributed by atoms with Crippen molar-refractivity contribution in [3.8, 4) is 11.8 Å². The molecule has 1 heterocycles. The van der Waals surface area contributed by atoms with E-state index in [0.29, 0.717) is 18.0 Å². The Morgan fingerprint density at radius 3 is 2.94 bits per heavy atom. The van der Waals surface area contributed by atoms with E-state index in [0.717, 1.165) is 10.0 Å². The van der Waals surface area contributed by atoms with Crippen molar-refractivity contribution in [3.05, 3.63) is 40.2 Å². The maximum Gasteiger partial charge on any atom is 0.399 e. The van der Waals surface area contributed by atoms with E-state index >= 15 is 0 Å². The van der Waals surface area contributed by atoms with Gasteiger partial charge in [0.2, 0.25) is 0 Å². The van der Waals surface area contributed by atoms with Crippen molar-refractivity contribution >= 4 is 15.9 Å². The predicted octanol–water partition coefficient (Wildman–Crippen LogP) is 3.00. The highest BCUT2D eigenvalue weighted by Gasteiger charge is 2.06. The summed E-state index contributed by atoms with van der Waals surface area (Å²) in [5.74, 6) is 0.686. The van der Waals surface area contributed by atoms with Crippen LogP contribution in [0.2, 0.25) is 0 Å². The molecule has 0 bridgehead atoms. The number of hydrogen-bond donors (Lipinski definition) is 1. The summed E-state index contributed by atoms with van der Waals surface area (Å²) < 4.78 is 11.6. The van der Waals surface area contributed by atoms with Crippen molar-refractivity contribution in [1.82, 2.24) is 4.98 Å². The highest BCUT2D eigenvalue weighted by Crippen LogP contribution is 2.25. The van der Waals surface area contributed by atoms with Crippen LogP contribution in [0.15, 0.2) is 33.4 Å². The molecule has 0 aliphatic carbocycles. The Morgan fingerprint density at radius 2 is 2.31 bits per heavy atom. The van der Waals surface area contributed by atoms with Crippen LogP contribution in [-0.2, 0) is 6.54 Å². The molecule has 0 fully saturated rings. The van der Waals surface area contributed by atoms with Gasteiger partial charge in [-0.3, -0.25) is 0 Å². The van der Waals surface area contributed by atoms with Crippen molar-refractivity contribution in [2.24, 2.45) is 5.73 Å². The fourth-order valence-electron chi connectivity index (χ4n) is 1.21. The van der Waals surface area contributed by atoms with E-state index in [1.54, 1.807) is 0 Å². The summed E-state index contributed by atoms with van der Waals surface area (Å²) in [6, 6.07) is 5.65. The van der Waals surface area contributed by atoms with Crippen LogP contribution < -0.4 is 10.5 Å². The Hall–Kier alpha value is -1.33. The fourth-order valence-corrected chi connectivity index (χ4v) is 1.46. The Labute approximate surface area is 102 Å². The van der Waals surface area contributed by atoms with Crippen molar-refractivity contribution in [2.45, 2.75) is 13.5 Å². The van der Waals surface area contributed by atoms with E-state index in [9.17, 15) is 0 Å². The monoisotopic (exact) mass is 282 g/mol. The average molecular weight is 283 g/mol. The lowest BCUT2D eigenvalue weighted by molar-refractivity contribution is 0.330. The highest BCUT2D eigenvalue weighted by atomic mass is 79.9. The number of oxazole rings is 1. The summed E-state index contributed by atoms with van der Waals surface area (Å²) in [5, 5.41) is 0. The molecule has 0 unspecified atom stereocenters. The van der Waals surface area contributed by atoms with Crippen molar-refractivity contribution in [2.75, 3.05) is 0 Å². The second-order valence-electron chi connectivity index (χ2n) is 3.32. The van der Waals surface area contributed by atoms with Crippen LogP contribution in [0.5, 0.6) is 11.8 Å². The molecule has 2 aromatic rings. The minimum absolute atomic E-state index is 0.210. The third kappa shape index (κ3) is 2.43. The van der Waals surface area contributed by atoms with Crippen LogP contribution in [0, 0.1) is 6.92 Å². The van der Waals surface area contributed by atoms with E-state index in [4.69, 9.17) is 14.9 Å². The van der Waals surface area contributed by atoms with Gasteiger partial charge in [0, 0.05) is 11.0 Å². The highest BCUT2D eigenvalue weighted by molar-refractivity contribution is 9.10. The van der Waals surface area contributed by atoms with Crippen molar-refractivity contribution < 1.29 is 9.15 Å². The van der Waals surface area contributed by atoms with Gasteiger partial charge < -0.3 is 14.9 Å². The first-order valence-corrected chi connectivity index (χ1v) is 5.57. The minimum atomic E-state index is 0.210. The summed E-state index contributed by atoms with van der Waals surface area (Å²) in [4.78, 5) is 4.05. The van der Waals surface area contributed by atoms with Crippen molar-refractivity contribution in [1.29, 1.82) is 0 Å². The van der Waals surface area contributed by atoms with Gasteiger partial charge in [0.15, 0.2) is 0 Å². The Balaban J connectivity index is 2.17. The van der Waals surface area contributed by atoms with Crippen LogP contribution in [-0.4, -0.2) is 4.98 Å². The van der Waals surface area contributed by atoms with Crippen molar-refractivity contribution in [3.63, 3.8) is 0 Å². The molecule has 0 amide bonds. The topological polar surface area (TPSA) is 61.3 Å². The molecule has 0 atom stereocenters. The minimum Gasteiger partial charge on any atom is -0.417 e. The molecule has 84 valence electrons. The quantitative estimate of drug-likeness (QED) is 0.940. The molecule has 0 spiro atoms. The number of benzene rings is 1. The zero-order chi connectivity index (χ0) is 11.5. The van der Waals surface area contributed by atoms with Gasteiger partial charge in [0.05, 0.1) is 5.69 Å². The second-order valence-corrected chi connectivity index (χ2v) is 4.18. The summed E-state index contributed by atoms with van der Waals surface area (Å²) in [7, 11) is 0. The molecule has 5 heteroatoms. The molecule has 0 aliphatic rings. The van der Waals surface area contributed by atoms with Gasteiger partial charge in [-0.05, 0) is 30.7 Å². The van der Waals surface area contributed by atoms with Gasteiger partial charge in [-0.15, -0.1) is 0 Å². The second kappa shape index (κ2) is 4.67. The summed E-state index contributed by atoms with van der Waals surface area (Å²) in [6.07, 6.45) is 1.70. The maximum absolute atomic E-state index is 5.44. The molecule has 2 rings (SSSR count). The summed E-state index contributed by atoms with van der Waals surface area (Å²) in [6.45, 7) is 2.32. The Morgan fingerprint density at radius 1 is 1.50 bits per heavy atom. The molecule has 0 saturated heterocycles. The fraction of sp³-hybridized carbons (Fsp3) is 0.182. The average Bonchev–Trinajstić information content (AvgIpc) is 2.71. The number of aryl methyl sites for hydroxylation is 1. The van der Waals surface area contributed by atoms with Crippen LogP contribution in [0.4, 0.5) is 0 Å². The van der Waals surface area contributed by atoms with Gasteiger partial charge >= 0.3 is 6.08 Å². The number of ether oxygens (including phenoxy) is 1. The first kappa shape index (κ1) is 11.2. The number of hydrogen-bond acceptors (Lipinski definition) is 4. The molecule has 16 heavy (non-hydrogen) atoms. The van der Waals surface area contributed by atoms with E-state index < -0.39 is 0 Å². The lowest BCUT2D eigenvalue weighted by Crippen LogP contribution is -1.95. The maximum atomic E-state index is 5.44. The van der Waals surface area contributed by atoms with E-state index in [2.05, 4.69) is 20.9 Å². The molecule has 0 saturated carbocycles. The molecule has 1 aromatic carbocycles. The predicted molar refractivity (Wildman–Crippen MR) is 63.3 cm³/mol. The largest absolute Gasteiger partial charge is 0.417 e. The standard InChI is InChI=1S/C11H11BrN2O2/c1-7-4-9(2-3-10(7)12)16-11-14-8(5-13)6-15-11/h2-4,6H,5,13H2,1H3. The van der Waals surface area contributed by atoms with Crippen LogP contribution in [0.1, 0.15) is 11.3 Å². The van der Waals surface area contributed by atoms with Gasteiger partial charge in [0.25, 0.3) is 0 Å². The number of rotatable bonds is 3. The van der Waals surface area contributed by atoms with Crippen LogP contribution in [0.3, 0.4) is 0 Å². The molecule has 4 nitrogen and oxygen atoms in total. The van der Waals surface area contributed by atoms with E-state index in [1.807, 2.05) is 25.1 Å². The molecular weight excluding hydrogens is 272 g/mol. The normalized spacial score (nSPS) is 10.4. The summed E-state index contributed by atoms with van der Waals surface area (Å²) >= 11 is 3.42.